The van der Waals surface area contributed by atoms with Crippen molar-refractivity contribution in [2.45, 2.75) is 5.92 Å². The number of aromatic amines is 1. The van der Waals surface area contributed by atoms with E-state index in [0.29, 0.717) is 0 Å². The van der Waals surface area contributed by atoms with E-state index in [4.69, 9.17) is 5.11 Å². The van der Waals surface area contributed by atoms with Gasteiger partial charge in [0.1, 0.15) is 5.69 Å². The molecule has 0 aliphatic heterocycles. The second-order valence-corrected chi connectivity index (χ2v) is 2.40. The zero-order valence-electron chi connectivity index (χ0n) is 6.52. The van der Waals surface area contributed by atoms with Gasteiger partial charge in [-0.15, -0.1) is 0 Å². The Labute approximate surface area is 74.5 Å². The van der Waals surface area contributed by atoms with Crippen molar-refractivity contribution in [3.05, 3.63) is 17.2 Å². The fourth-order valence-electron chi connectivity index (χ4n) is 0.779. The van der Waals surface area contributed by atoms with Gasteiger partial charge in [-0.2, -0.15) is 13.9 Å². The van der Waals surface area contributed by atoms with Crippen LogP contribution in [-0.4, -0.2) is 27.9 Å². The third kappa shape index (κ3) is 1.54. The molecule has 1 heterocycles. The van der Waals surface area contributed by atoms with E-state index in [1.165, 1.54) is 5.10 Å². The number of carbonyl (C=O) groups is 1. The lowest BCUT2D eigenvalue weighted by molar-refractivity contribution is -0.0352. The van der Waals surface area contributed by atoms with Gasteiger partial charge in [0.05, 0.1) is 0 Å². The quantitative estimate of drug-likeness (QED) is 0.742. The van der Waals surface area contributed by atoms with E-state index in [9.17, 15) is 22.4 Å². The second kappa shape index (κ2) is 3.28. The molecule has 0 aliphatic rings. The summed E-state index contributed by atoms with van der Waals surface area (Å²) >= 11 is 0. The number of nitrogens with zero attached hydrogens (tertiary/aromatic N) is 1. The molecule has 8 heteroatoms. The molecule has 0 bridgehead atoms. The number of hydrogen-bond donors (Lipinski definition) is 2. The van der Waals surface area contributed by atoms with Crippen LogP contribution in [0.2, 0.25) is 0 Å². The number of H-pyrrole nitrogens is 1. The summed E-state index contributed by atoms with van der Waals surface area (Å²) in [6.45, 7) is -2.13. The highest BCUT2D eigenvalue weighted by molar-refractivity contribution is 5.85. The molecule has 0 atom stereocenters. The lowest BCUT2D eigenvalue weighted by Gasteiger charge is -2.08. The fourth-order valence-corrected chi connectivity index (χ4v) is 0.779. The molecule has 1 aromatic heterocycles. The molecule has 1 rings (SSSR count). The van der Waals surface area contributed by atoms with Crippen molar-refractivity contribution in [2.24, 2.45) is 0 Å². The second-order valence-electron chi connectivity index (χ2n) is 2.40. The molecule has 0 saturated heterocycles. The number of rotatable bonds is 3. The number of carboxylic acids is 1. The van der Waals surface area contributed by atoms with Crippen molar-refractivity contribution >= 4 is 5.97 Å². The molecule has 4 nitrogen and oxygen atoms in total. The molecule has 1 aromatic rings. The van der Waals surface area contributed by atoms with Crippen LogP contribution in [0, 0.1) is 5.82 Å². The number of halogens is 4. The Morgan fingerprint density at radius 2 is 2.14 bits per heavy atom. The summed E-state index contributed by atoms with van der Waals surface area (Å²) in [5.41, 5.74) is -2.65. The lowest BCUT2D eigenvalue weighted by atomic mass is 10.2. The zero-order chi connectivity index (χ0) is 10.9. The van der Waals surface area contributed by atoms with Gasteiger partial charge in [0.2, 0.25) is 5.69 Å². The molecule has 0 spiro atoms. The molecule has 0 amide bonds. The molecule has 0 aromatic carbocycles. The molecular formula is C6H4F4N2O2. The van der Waals surface area contributed by atoms with Crippen molar-refractivity contribution < 1.29 is 27.5 Å². The van der Waals surface area contributed by atoms with Crippen LogP contribution in [0.3, 0.4) is 0 Å². The third-order valence-corrected chi connectivity index (χ3v) is 1.44. The van der Waals surface area contributed by atoms with Gasteiger partial charge >= 0.3 is 11.9 Å². The number of hydrogen-bond acceptors (Lipinski definition) is 2. The zero-order valence-corrected chi connectivity index (χ0v) is 6.52. The Hall–Kier alpha value is -1.60. The van der Waals surface area contributed by atoms with Crippen molar-refractivity contribution in [3.63, 3.8) is 0 Å². The Kier molecular flexibility index (Phi) is 2.45. The number of carboxylic acid groups (broad SMARTS) is 1. The van der Waals surface area contributed by atoms with E-state index in [1.54, 1.807) is 0 Å². The van der Waals surface area contributed by atoms with Crippen LogP contribution in [-0.2, 0) is 5.92 Å². The number of aromatic carboxylic acids is 1. The largest absolute Gasteiger partial charge is 0.476 e. The SMILES string of the molecule is O=C(O)c1n[nH]c(C(F)(F)CF)c1F. The van der Waals surface area contributed by atoms with Crippen LogP contribution in [0.25, 0.3) is 0 Å². The van der Waals surface area contributed by atoms with Gasteiger partial charge in [0, 0.05) is 0 Å². The normalized spacial score (nSPS) is 11.7. The van der Waals surface area contributed by atoms with E-state index in [-0.39, 0.29) is 0 Å². The first-order valence-corrected chi connectivity index (χ1v) is 3.31. The van der Waals surface area contributed by atoms with E-state index in [2.05, 4.69) is 5.10 Å². The average molecular weight is 212 g/mol. The first-order chi connectivity index (χ1) is 6.40. The molecule has 0 unspecified atom stereocenters. The van der Waals surface area contributed by atoms with Crippen LogP contribution < -0.4 is 0 Å². The summed E-state index contributed by atoms with van der Waals surface area (Å²) in [4.78, 5) is 10.2. The van der Waals surface area contributed by atoms with Crippen molar-refractivity contribution in [2.75, 3.05) is 6.67 Å². The lowest BCUT2D eigenvalue weighted by Crippen LogP contribution is -2.18. The molecule has 0 radical (unpaired) electrons. The van der Waals surface area contributed by atoms with Gasteiger partial charge in [0.15, 0.2) is 12.5 Å². The van der Waals surface area contributed by atoms with Gasteiger partial charge in [-0.3, -0.25) is 5.10 Å². The van der Waals surface area contributed by atoms with Crippen molar-refractivity contribution in [1.82, 2.24) is 10.2 Å². The number of nitrogens with one attached hydrogen (secondary N) is 1. The molecule has 14 heavy (non-hydrogen) atoms. The van der Waals surface area contributed by atoms with Crippen LogP contribution >= 0.6 is 0 Å². The van der Waals surface area contributed by atoms with Crippen LogP contribution in [0.1, 0.15) is 16.2 Å². The summed E-state index contributed by atoms with van der Waals surface area (Å²) in [7, 11) is 0. The Bertz CT molecular complexity index is 363. The molecule has 78 valence electrons. The Balaban J connectivity index is 3.19. The minimum Gasteiger partial charge on any atom is -0.476 e. The van der Waals surface area contributed by atoms with E-state index in [1.807, 2.05) is 0 Å². The minimum atomic E-state index is -4.09. The highest BCUT2D eigenvalue weighted by atomic mass is 19.3. The summed E-state index contributed by atoms with van der Waals surface area (Å²) in [5.74, 6) is -7.65. The maximum Gasteiger partial charge on any atom is 0.359 e. The maximum atomic E-state index is 12.8. The van der Waals surface area contributed by atoms with E-state index in [0.717, 1.165) is 0 Å². The predicted octanol–water partition coefficient (Wildman–Crippen LogP) is 1.31. The molecular weight excluding hydrogens is 208 g/mol. The van der Waals surface area contributed by atoms with Gasteiger partial charge in [0.25, 0.3) is 0 Å². The van der Waals surface area contributed by atoms with Crippen molar-refractivity contribution in [1.29, 1.82) is 0 Å². The van der Waals surface area contributed by atoms with E-state index >= 15 is 0 Å². The highest BCUT2D eigenvalue weighted by Crippen LogP contribution is 2.29. The third-order valence-electron chi connectivity index (χ3n) is 1.44. The average Bonchev–Trinajstić information content (AvgIpc) is 2.47. The first-order valence-electron chi connectivity index (χ1n) is 3.31. The monoisotopic (exact) mass is 212 g/mol. The summed E-state index contributed by atoms with van der Waals surface area (Å²) < 4.78 is 49.7. The standard InChI is InChI=1S/C6H4F4N2O2/c7-1-6(9,10)4-2(8)3(5(13)14)11-12-4/h1H2,(H,11,12)(H,13,14). The Morgan fingerprint density at radius 3 is 2.50 bits per heavy atom. The summed E-state index contributed by atoms with van der Waals surface area (Å²) in [6, 6.07) is 0. The van der Waals surface area contributed by atoms with Gasteiger partial charge in [-0.1, -0.05) is 0 Å². The van der Waals surface area contributed by atoms with Crippen LogP contribution in [0.5, 0.6) is 0 Å². The molecule has 0 saturated carbocycles. The Morgan fingerprint density at radius 1 is 1.57 bits per heavy atom. The smallest absolute Gasteiger partial charge is 0.359 e. The molecule has 2 N–H and O–H groups in total. The van der Waals surface area contributed by atoms with Crippen LogP contribution in [0.4, 0.5) is 17.6 Å². The van der Waals surface area contributed by atoms with Crippen molar-refractivity contribution in [3.8, 4) is 0 Å². The van der Waals surface area contributed by atoms with Gasteiger partial charge in [-0.25, -0.2) is 13.6 Å². The fraction of sp³-hybridized carbons (Fsp3) is 0.333. The van der Waals surface area contributed by atoms with Gasteiger partial charge < -0.3 is 5.11 Å². The van der Waals surface area contributed by atoms with Crippen LogP contribution in [0.15, 0.2) is 0 Å². The number of aromatic nitrogens is 2. The number of alkyl halides is 3. The molecule has 0 aliphatic carbocycles. The minimum absolute atomic E-state index is 1.19. The first kappa shape index (κ1) is 10.5. The molecule has 0 fully saturated rings. The highest BCUT2D eigenvalue weighted by Gasteiger charge is 2.39. The van der Waals surface area contributed by atoms with Gasteiger partial charge in [-0.05, 0) is 0 Å². The summed E-state index contributed by atoms with van der Waals surface area (Å²) in [5, 5.41) is 12.5. The predicted molar refractivity (Wildman–Crippen MR) is 35.4 cm³/mol. The van der Waals surface area contributed by atoms with E-state index < -0.39 is 35.8 Å². The topological polar surface area (TPSA) is 66.0 Å². The summed E-state index contributed by atoms with van der Waals surface area (Å²) in [6.07, 6.45) is 0. The maximum absolute atomic E-state index is 12.8.